The Labute approximate surface area is 114 Å². The van der Waals surface area contributed by atoms with Crippen molar-refractivity contribution in [3.8, 4) is 0 Å². The van der Waals surface area contributed by atoms with Gasteiger partial charge in [0.05, 0.1) is 0 Å². The normalized spacial score (nSPS) is 25.2. The molecule has 1 aliphatic heterocycles. The molecule has 0 aromatic carbocycles. The maximum Gasteiger partial charge on any atom is 0.459 e. The van der Waals surface area contributed by atoms with Gasteiger partial charge < -0.3 is 4.57 Å². The molecule has 2 unspecified atom stereocenters. The summed E-state index contributed by atoms with van der Waals surface area (Å²) < 4.78 is 89.9. The first-order valence-corrected chi connectivity index (χ1v) is 9.26. The second-order valence-electron chi connectivity index (χ2n) is 6.10. The van der Waals surface area contributed by atoms with Gasteiger partial charge in [-0.2, -0.15) is 30.7 Å². The van der Waals surface area contributed by atoms with E-state index in [0.29, 0.717) is 0 Å². The predicted octanol–water partition coefficient (Wildman–Crippen LogP) is 4.51. The van der Waals surface area contributed by atoms with Crippen molar-refractivity contribution in [3.05, 3.63) is 0 Å². The molecule has 0 saturated carbocycles. The third-order valence-electron chi connectivity index (χ3n) is 4.18. The molecule has 1 saturated heterocycles. The van der Waals surface area contributed by atoms with Crippen LogP contribution in [0.1, 0.15) is 20.3 Å². The van der Waals surface area contributed by atoms with Crippen LogP contribution in [0.15, 0.2) is 0 Å². The molecule has 0 aromatic heterocycles. The maximum absolute atomic E-state index is 13.3. The topological polar surface area (TPSA) is 3.01 Å². The first kappa shape index (κ1) is 17.7. The van der Waals surface area contributed by atoms with E-state index >= 15 is 0 Å². The van der Waals surface area contributed by atoms with Crippen LogP contribution in [0.4, 0.5) is 30.7 Å². The van der Waals surface area contributed by atoms with Gasteiger partial charge in [-0.15, -0.1) is 0 Å². The average Bonchev–Trinajstić information content (AvgIpc) is 2.94. The van der Waals surface area contributed by atoms with Gasteiger partial charge in [0.2, 0.25) is 0 Å². The van der Waals surface area contributed by atoms with Gasteiger partial charge in [-0.25, -0.2) is 0 Å². The molecule has 120 valence electrons. The molecule has 0 amide bonds. The van der Waals surface area contributed by atoms with E-state index < -0.39 is 38.7 Å². The highest BCUT2D eigenvalue weighted by molar-refractivity contribution is 6.76. The van der Waals surface area contributed by atoms with E-state index in [-0.39, 0.29) is 12.1 Å². The number of hydrogen-bond donors (Lipinski definition) is 0. The van der Waals surface area contributed by atoms with Gasteiger partial charge in [-0.1, -0.05) is 26.9 Å². The fraction of sp³-hybridized carbons (Fsp3) is 1.00. The SMILES string of the molecule is CC(C)[Si](C)(C)N1CC1CC(F)(F)C(F)(F)C(F)(F)F. The lowest BCUT2D eigenvalue weighted by Crippen LogP contribution is -2.53. The van der Waals surface area contributed by atoms with Gasteiger partial charge in [-0.05, 0) is 5.54 Å². The number of halogens is 7. The van der Waals surface area contributed by atoms with Crippen molar-refractivity contribution in [1.29, 1.82) is 0 Å². The van der Waals surface area contributed by atoms with Crippen LogP contribution in [0.5, 0.6) is 0 Å². The summed E-state index contributed by atoms with van der Waals surface area (Å²) in [5, 5.41) is 0. The number of alkyl halides is 7. The van der Waals surface area contributed by atoms with Gasteiger partial charge in [-0.3, -0.25) is 0 Å². The van der Waals surface area contributed by atoms with Crippen molar-refractivity contribution < 1.29 is 30.7 Å². The molecule has 0 aliphatic carbocycles. The second-order valence-corrected chi connectivity index (χ2v) is 11.1. The third-order valence-corrected chi connectivity index (χ3v) is 9.03. The van der Waals surface area contributed by atoms with Crippen LogP contribution in [-0.2, 0) is 0 Å². The van der Waals surface area contributed by atoms with E-state index in [1.54, 1.807) is 4.57 Å². The molecular formula is C11H18F7NSi. The van der Waals surface area contributed by atoms with Crippen LogP contribution in [0.2, 0.25) is 18.6 Å². The summed E-state index contributed by atoms with van der Waals surface area (Å²) >= 11 is 0. The molecule has 0 aromatic rings. The van der Waals surface area contributed by atoms with Crippen molar-refractivity contribution >= 4 is 8.24 Å². The van der Waals surface area contributed by atoms with E-state index in [9.17, 15) is 30.7 Å². The molecule has 1 nitrogen and oxygen atoms in total. The Morgan fingerprint density at radius 1 is 1.05 bits per heavy atom. The van der Waals surface area contributed by atoms with Crippen LogP contribution in [0, 0.1) is 0 Å². The number of hydrogen-bond acceptors (Lipinski definition) is 1. The van der Waals surface area contributed by atoms with Crippen LogP contribution < -0.4 is 0 Å². The Hall–Kier alpha value is -0.313. The molecule has 0 bridgehead atoms. The van der Waals surface area contributed by atoms with Crippen molar-refractivity contribution in [2.45, 2.75) is 63.0 Å². The lowest BCUT2D eigenvalue weighted by molar-refractivity contribution is -0.355. The molecule has 1 rings (SSSR count). The molecule has 1 aliphatic rings. The fourth-order valence-corrected chi connectivity index (χ4v) is 4.40. The summed E-state index contributed by atoms with van der Waals surface area (Å²) in [6.45, 7) is 7.73. The first-order chi connectivity index (χ1) is 8.64. The van der Waals surface area contributed by atoms with Gasteiger partial charge in [0.15, 0.2) is 0 Å². The van der Waals surface area contributed by atoms with Crippen LogP contribution in [0.25, 0.3) is 0 Å². The van der Waals surface area contributed by atoms with Gasteiger partial charge in [0.25, 0.3) is 0 Å². The summed E-state index contributed by atoms with van der Waals surface area (Å²) in [4.78, 5) is 0. The quantitative estimate of drug-likeness (QED) is 0.408. The van der Waals surface area contributed by atoms with Crippen molar-refractivity contribution in [2.24, 2.45) is 0 Å². The van der Waals surface area contributed by atoms with E-state index in [2.05, 4.69) is 0 Å². The third kappa shape index (κ3) is 2.98. The zero-order chi connectivity index (χ0) is 16.1. The number of rotatable bonds is 5. The zero-order valence-corrected chi connectivity index (χ0v) is 12.7. The molecule has 1 heterocycles. The molecule has 2 atom stereocenters. The van der Waals surface area contributed by atoms with E-state index in [0.717, 1.165) is 0 Å². The minimum atomic E-state index is -6.23. The lowest BCUT2D eigenvalue weighted by atomic mass is 10.1. The lowest BCUT2D eigenvalue weighted by Gasteiger charge is -2.31. The maximum atomic E-state index is 13.3. The zero-order valence-electron chi connectivity index (χ0n) is 11.7. The molecule has 0 N–H and O–H groups in total. The Balaban J connectivity index is 2.77. The summed E-state index contributed by atoms with van der Waals surface area (Å²) in [5.41, 5.74) is 0.198. The van der Waals surface area contributed by atoms with Crippen molar-refractivity contribution in [1.82, 2.24) is 4.57 Å². The first-order valence-electron chi connectivity index (χ1n) is 6.23. The largest absolute Gasteiger partial charge is 0.459 e. The second kappa shape index (κ2) is 4.86. The average molecular weight is 325 g/mol. The van der Waals surface area contributed by atoms with Gasteiger partial charge in [0, 0.05) is 19.0 Å². The predicted molar refractivity (Wildman–Crippen MR) is 63.6 cm³/mol. The van der Waals surface area contributed by atoms with Crippen molar-refractivity contribution in [3.63, 3.8) is 0 Å². The Bertz CT molecular complexity index is 364. The van der Waals surface area contributed by atoms with Crippen LogP contribution in [-0.4, -0.2) is 43.4 Å². The molecule has 0 spiro atoms. The fourth-order valence-electron chi connectivity index (χ4n) is 2.02. The Morgan fingerprint density at radius 3 is 1.85 bits per heavy atom. The molecule has 0 radical (unpaired) electrons. The smallest absolute Gasteiger partial charge is 0.318 e. The standard InChI is InChI=1S/C11H18F7NSi/c1-7(2)20(3,4)19-6-8(19)5-9(12,13)10(14,15)11(16,17)18/h7-8H,5-6H2,1-4H3. The van der Waals surface area contributed by atoms with E-state index in [4.69, 9.17) is 0 Å². The molecule has 9 heteroatoms. The minimum absolute atomic E-state index is 0.168. The van der Waals surface area contributed by atoms with E-state index in [1.807, 2.05) is 26.9 Å². The highest BCUT2D eigenvalue weighted by atomic mass is 28.3. The molecule has 20 heavy (non-hydrogen) atoms. The highest BCUT2D eigenvalue weighted by Crippen LogP contribution is 2.50. The molecule has 1 fully saturated rings. The highest BCUT2D eigenvalue weighted by Gasteiger charge is 2.73. The summed E-state index contributed by atoms with van der Waals surface area (Å²) in [6.07, 6.45) is -7.69. The summed E-state index contributed by atoms with van der Waals surface area (Å²) in [5.74, 6) is -11.1. The van der Waals surface area contributed by atoms with Crippen LogP contribution in [0.3, 0.4) is 0 Å². The number of nitrogens with zero attached hydrogens (tertiary/aromatic N) is 1. The molecular weight excluding hydrogens is 307 g/mol. The Morgan fingerprint density at radius 2 is 1.50 bits per heavy atom. The van der Waals surface area contributed by atoms with Gasteiger partial charge >= 0.3 is 18.0 Å². The summed E-state index contributed by atoms with van der Waals surface area (Å²) in [6, 6.07) is -0.887. The minimum Gasteiger partial charge on any atom is -0.318 e. The van der Waals surface area contributed by atoms with Crippen LogP contribution >= 0.6 is 0 Å². The Kier molecular flexibility index (Phi) is 4.31. The van der Waals surface area contributed by atoms with Crippen molar-refractivity contribution in [2.75, 3.05) is 6.54 Å². The van der Waals surface area contributed by atoms with Gasteiger partial charge in [0.1, 0.15) is 8.24 Å². The summed E-state index contributed by atoms with van der Waals surface area (Å²) in [7, 11) is -2.04. The van der Waals surface area contributed by atoms with E-state index in [1.165, 1.54) is 0 Å². The monoisotopic (exact) mass is 325 g/mol.